The summed E-state index contributed by atoms with van der Waals surface area (Å²) < 4.78 is 88.0. The summed E-state index contributed by atoms with van der Waals surface area (Å²) in [4.78, 5) is 9.82. The van der Waals surface area contributed by atoms with Gasteiger partial charge in [-0.2, -0.15) is 8.78 Å². The Balaban J connectivity index is 3.71. The molecule has 0 N–H and O–H groups in total. The summed E-state index contributed by atoms with van der Waals surface area (Å²) in [7, 11) is 0. The first-order chi connectivity index (χ1) is 7.24. The van der Waals surface area contributed by atoms with Crippen LogP contribution in [0.2, 0.25) is 0 Å². The molecule has 0 amide bonds. The van der Waals surface area contributed by atoms with Crippen molar-refractivity contribution >= 4 is 6.29 Å². The van der Waals surface area contributed by atoms with E-state index in [1.165, 1.54) is 0 Å². The van der Waals surface area contributed by atoms with Gasteiger partial charge in [-0.05, 0) is 0 Å². The topological polar surface area (TPSA) is 17.1 Å². The van der Waals surface area contributed by atoms with Gasteiger partial charge in [-0.25, -0.2) is 22.0 Å². The van der Waals surface area contributed by atoms with E-state index in [-0.39, 0.29) is 0 Å². The lowest BCUT2D eigenvalue weighted by Gasteiger charge is -2.12. The summed E-state index contributed by atoms with van der Waals surface area (Å²) in [5.74, 6) is -17.9. The molecule has 0 spiro atoms. The van der Waals surface area contributed by atoms with Crippen LogP contribution in [-0.4, -0.2) is 6.29 Å². The second kappa shape index (κ2) is 3.76. The van der Waals surface area contributed by atoms with Crippen molar-refractivity contribution in [2.45, 2.75) is 5.92 Å². The number of carbonyl (C=O) groups is 1. The fraction of sp³-hybridized carbons (Fsp3) is 0.125. The summed E-state index contributed by atoms with van der Waals surface area (Å²) in [5, 5.41) is 0. The van der Waals surface area contributed by atoms with Crippen molar-refractivity contribution in [3.63, 3.8) is 0 Å². The third kappa shape index (κ3) is 1.63. The van der Waals surface area contributed by atoms with Crippen molar-refractivity contribution in [1.29, 1.82) is 0 Å². The van der Waals surface area contributed by atoms with Gasteiger partial charge in [0.2, 0.25) is 5.82 Å². The molecular formula is C8HF7O. The first kappa shape index (κ1) is 12.5. The lowest BCUT2D eigenvalue weighted by Crippen LogP contribution is -2.22. The number of rotatable bonds is 2. The van der Waals surface area contributed by atoms with E-state index in [1.54, 1.807) is 0 Å². The van der Waals surface area contributed by atoms with Crippen LogP contribution in [0.15, 0.2) is 0 Å². The maximum absolute atomic E-state index is 12.7. The molecule has 0 saturated heterocycles. The molecule has 0 atom stereocenters. The highest BCUT2D eigenvalue weighted by Crippen LogP contribution is 2.33. The fourth-order valence-electron chi connectivity index (χ4n) is 0.956. The number of alkyl halides is 2. The second-order valence-corrected chi connectivity index (χ2v) is 2.69. The fourth-order valence-corrected chi connectivity index (χ4v) is 0.956. The normalized spacial score (nSPS) is 11.7. The molecule has 0 unspecified atom stereocenters. The molecule has 0 saturated carbocycles. The molecule has 0 fully saturated rings. The van der Waals surface area contributed by atoms with E-state index in [2.05, 4.69) is 0 Å². The zero-order valence-electron chi connectivity index (χ0n) is 7.13. The van der Waals surface area contributed by atoms with Gasteiger partial charge in [0.05, 0.1) is 0 Å². The Morgan fingerprint density at radius 1 is 0.750 bits per heavy atom. The van der Waals surface area contributed by atoms with Crippen molar-refractivity contribution in [3.05, 3.63) is 34.6 Å². The van der Waals surface area contributed by atoms with Crippen LogP contribution in [-0.2, 0) is 10.7 Å². The van der Waals surface area contributed by atoms with E-state index < -0.39 is 46.9 Å². The largest absolute Gasteiger partial charge is 0.333 e. The Morgan fingerprint density at radius 2 is 1.06 bits per heavy atom. The van der Waals surface area contributed by atoms with Gasteiger partial charge < -0.3 is 0 Å². The molecule has 1 rings (SSSR count). The van der Waals surface area contributed by atoms with E-state index in [4.69, 9.17) is 0 Å². The highest BCUT2D eigenvalue weighted by Gasteiger charge is 2.42. The second-order valence-electron chi connectivity index (χ2n) is 2.69. The van der Waals surface area contributed by atoms with Crippen LogP contribution in [0.3, 0.4) is 0 Å². The monoisotopic (exact) mass is 246 g/mol. The molecular weight excluding hydrogens is 245 g/mol. The van der Waals surface area contributed by atoms with Gasteiger partial charge in [0.25, 0.3) is 0 Å². The average molecular weight is 246 g/mol. The molecule has 0 aliphatic rings. The van der Waals surface area contributed by atoms with Crippen molar-refractivity contribution in [3.8, 4) is 0 Å². The third-order valence-corrected chi connectivity index (χ3v) is 1.69. The average Bonchev–Trinajstić information content (AvgIpc) is 2.23. The zero-order valence-corrected chi connectivity index (χ0v) is 7.13. The summed E-state index contributed by atoms with van der Waals surface area (Å²) in [5.41, 5.74) is -2.46. The molecule has 1 nitrogen and oxygen atoms in total. The number of benzene rings is 1. The molecule has 0 heterocycles. The highest BCUT2D eigenvalue weighted by atomic mass is 19.3. The van der Waals surface area contributed by atoms with Gasteiger partial charge in [0, 0.05) is 0 Å². The lowest BCUT2D eigenvalue weighted by molar-refractivity contribution is -0.131. The maximum atomic E-state index is 12.7. The predicted molar refractivity (Wildman–Crippen MR) is 36.2 cm³/mol. The minimum absolute atomic E-state index is 1.22. The van der Waals surface area contributed by atoms with E-state index >= 15 is 0 Å². The summed E-state index contributed by atoms with van der Waals surface area (Å²) in [6.45, 7) is 0. The number of hydrogen-bond donors (Lipinski definition) is 0. The van der Waals surface area contributed by atoms with Crippen molar-refractivity contribution < 1.29 is 35.5 Å². The molecule has 0 aliphatic carbocycles. The maximum Gasteiger partial charge on any atom is 0.333 e. The van der Waals surface area contributed by atoms with E-state index in [1.807, 2.05) is 0 Å². The highest BCUT2D eigenvalue weighted by molar-refractivity contribution is 5.63. The molecule has 1 aromatic rings. The van der Waals surface area contributed by atoms with Crippen molar-refractivity contribution in [1.82, 2.24) is 0 Å². The molecule has 0 aromatic heterocycles. The molecule has 1 aromatic carbocycles. The molecule has 88 valence electrons. The van der Waals surface area contributed by atoms with Crippen LogP contribution in [0.25, 0.3) is 0 Å². The molecule has 0 aliphatic heterocycles. The molecule has 0 bridgehead atoms. The Labute approximate surface area is 83.5 Å². The Kier molecular flexibility index (Phi) is 2.93. The summed E-state index contributed by atoms with van der Waals surface area (Å²) >= 11 is 0. The first-order valence-corrected chi connectivity index (χ1v) is 3.60. The number of carbonyl (C=O) groups excluding carboxylic acids is 1. The minimum atomic E-state index is -4.79. The van der Waals surface area contributed by atoms with Crippen LogP contribution in [0.4, 0.5) is 30.7 Å². The van der Waals surface area contributed by atoms with Crippen LogP contribution >= 0.6 is 0 Å². The quantitative estimate of drug-likeness (QED) is 0.339. The third-order valence-electron chi connectivity index (χ3n) is 1.69. The molecule has 8 heteroatoms. The van der Waals surface area contributed by atoms with Crippen LogP contribution in [0, 0.1) is 29.1 Å². The van der Waals surface area contributed by atoms with Gasteiger partial charge in [-0.3, -0.25) is 4.79 Å². The predicted octanol–water partition coefficient (Wildman–Crippen LogP) is 2.67. The minimum Gasteiger partial charge on any atom is -0.296 e. The number of hydrogen-bond acceptors (Lipinski definition) is 1. The standard InChI is InChI=1S/C8HF7O/c9-3-2(8(14,15)1-16)4(10)6(12)7(13)5(3)11/h1H. The van der Waals surface area contributed by atoms with Gasteiger partial charge in [-0.1, -0.05) is 0 Å². The van der Waals surface area contributed by atoms with Crippen molar-refractivity contribution in [2.75, 3.05) is 0 Å². The van der Waals surface area contributed by atoms with E-state index in [0.29, 0.717) is 0 Å². The van der Waals surface area contributed by atoms with Gasteiger partial charge in [-0.15, -0.1) is 0 Å². The van der Waals surface area contributed by atoms with Gasteiger partial charge in [0.15, 0.2) is 29.6 Å². The SMILES string of the molecule is O=CC(F)(F)c1c(F)c(F)c(F)c(F)c1F. The Morgan fingerprint density at radius 3 is 1.38 bits per heavy atom. The Bertz CT molecular complexity index is 425. The van der Waals surface area contributed by atoms with Gasteiger partial charge in [0.1, 0.15) is 5.56 Å². The molecule has 0 radical (unpaired) electrons. The molecule has 16 heavy (non-hydrogen) atoms. The summed E-state index contributed by atoms with van der Waals surface area (Å²) in [6.07, 6.45) is -1.22. The van der Waals surface area contributed by atoms with Crippen LogP contribution in [0.1, 0.15) is 5.56 Å². The summed E-state index contributed by atoms with van der Waals surface area (Å²) in [6, 6.07) is 0. The van der Waals surface area contributed by atoms with Gasteiger partial charge >= 0.3 is 5.92 Å². The van der Waals surface area contributed by atoms with Crippen LogP contribution < -0.4 is 0 Å². The lowest BCUT2D eigenvalue weighted by atomic mass is 10.1. The van der Waals surface area contributed by atoms with Crippen LogP contribution in [0.5, 0.6) is 0 Å². The van der Waals surface area contributed by atoms with E-state index in [9.17, 15) is 35.5 Å². The number of halogens is 7. The number of aldehydes is 1. The Hall–Kier alpha value is -1.60. The van der Waals surface area contributed by atoms with E-state index in [0.717, 1.165) is 0 Å². The van der Waals surface area contributed by atoms with Crippen molar-refractivity contribution in [2.24, 2.45) is 0 Å². The smallest absolute Gasteiger partial charge is 0.296 e. The first-order valence-electron chi connectivity index (χ1n) is 3.60. The zero-order chi connectivity index (χ0) is 12.7.